The highest BCUT2D eigenvalue weighted by Gasteiger charge is 2.37. The van der Waals surface area contributed by atoms with E-state index in [-0.39, 0.29) is 5.75 Å². The zero-order valence-corrected chi connectivity index (χ0v) is 16.6. The zero-order chi connectivity index (χ0) is 18.1. The van der Waals surface area contributed by atoms with Gasteiger partial charge in [-0.15, -0.1) is 0 Å². The van der Waals surface area contributed by atoms with Gasteiger partial charge in [-0.3, -0.25) is 4.99 Å². The number of guanidine groups is 1. The van der Waals surface area contributed by atoms with Crippen LogP contribution in [0.4, 0.5) is 0 Å². The van der Waals surface area contributed by atoms with Crippen LogP contribution in [0.2, 0.25) is 0 Å². The van der Waals surface area contributed by atoms with Crippen molar-refractivity contribution in [2.75, 3.05) is 31.9 Å². The lowest BCUT2D eigenvalue weighted by Gasteiger charge is -2.42. The molecule has 0 heterocycles. The van der Waals surface area contributed by atoms with Crippen molar-refractivity contribution >= 4 is 16.0 Å². The summed E-state index contributed by atoms with van der Waals surface area (Å²) >= 11 is 0. The second-order valence-electron chi connectivity index (χ2n) is 7.22. The van der Waals surface area contributed by atoms with Crippen molar-refractivity contribution in [2.24, 2.45) is 16.3 Å². The second kappa shape index (κ2) is 10.2. The van der Waals surface area contributed by atoms with Crippen molar-refractivity contribution < 1.29 is 8.42 Å². The van der Waals surface area contributed by atoms with Gasteiger partial charge < -0.3 is 10.6 Å². The van der Waals surface area contributed by atoms with Crippen LogP contribution < -0.4 is 15.4 Å². The van der Waals surface area contributed by atoms with Crippen molar-refractivity contribution in [3.05, 3.63) is 0 Å². The molecule has 0 saturated heterocycles. The van der Waals surface area contributed by atoms with Crippen LogP contribution in [0.5, 0.6) is 0 Å². The maximum absolute atomic E-state index is 11.4. The van der Waals surface area contributed by atoms with E-state index >= 15 is 0 Å². The van der Waals surface area contributed by atoms with E-state index in [0.29, 0.717) is 24.4 Å². The maximum atomic E-state index is 11.4. The van der Waals surface area contributed by atoms with E-state index < -0.39 is 10.0 Å². The third-order valence-corrected chi connectivity index (χ3v) is 5.92. The normalized spacial score (nSPS) is 17.6. The van der Waals surface area contributed by atoms with E-state index in [1.807, 2.05) is 0 Å². The molecule has 0 unspecified atom stereocenters. The van der Waals surface area contributed by atoms with E-state index in [9.17, 15) is 8.42 Å². The van der Waals surface area contributed by atoms with Crippen LogP contribution >= 0.6 is 0 Å². The molecule has 0 radical (unpaired) electrons. The molecular weight excluding hydrogens is 324 g/mol. The summed E-state index contributed by atoms with van der Waals surface area (Å²) in [7, 11) is -3.09. The second-order valence-corrected chi connectivity index (χ2v) is 9.32. The number of hydrogen-bond acceptors (Lipinski definition) is 3. The first-order valence-corrected chi connectivity index (χ1v) is 11.0. The van der Waals surface area contributed by atoms with Crippen LogP contribution in [0.3, 0.4) is 0 Å². The Balaban J connectivity index is 2.40. The molecule has 6 nitrogen and oxygen atoms in total. The van der Waals surface area contributed by atoms with Gasteiger partial charge in [0.25, 0.3) is 0 Å². The van der Waals surface area contributed by atoms with E-state index in [0.717, 1.165) is 25.5 Å². The molecule has 7 heteroatoms. The Morgan fingerprint density at radius 3 is 2.38 bits per heavy atom. The first-order chi connectivity index (χ1) is 11.3. The summed E-state index contributed by atoms with van der Waals surface area (Å²) in [6.07, 6.45) is 5.87. The molecule has 0 aliphatic heterocycles. The molecule has 0 aromatic rings. The number of aliphatic imine (C=N–C) groups is 1. The lowest BCUT2D eigenvalue weighted by molar-refractivity contribution is 0.111. The molecule has 3 N–H and O–H groups in total. The maximum Gasteiger partial charge on any atom is 0.211 e. The van der Waals surface area contributed by atoms with Gasteiger partial charge in [-0.1, -0.05) is 20.3 Å². The standard InChI is InChI=1S/C17H36N4O2S/c1-5-18-16(19-11-8-12-21-24(22,23)6-2)20-14-17(9-7-10-17)13-15(3)4/h15,21H,5-14H2,1-4H3,(H2,18,19,20). The first kappa shape index (κ1) is 21.2. The summed E-state index contributed by atoms with van der Waals surface area (Å²) < 4.78 is 25.3. The van der Waals surface area contributed by atoms with Crippen LogP contribution in [-0.4, -0.2) is 46.3 Å². The fraction of sp³-hybridized carbons (Fsp3) is 0.941. The summed E-state index contributed by atoms with van der Waals surface area (Å²) in [6.45, 7) is 11.1. The molecule has 0 amide bonds. The Hall–Kier alpha value is -0.820. The number of hydrogen-bond donors (Lipinski definition) is 3. The van der Waals surface area contributed by atoms with Gasteiger partial charge in [-0.25, -0.2) is 13.1 Å². The van der Waals surface area contributed by atoms with Gasteiger partial charge in [0.1, 0.15) is 0 Å². The Morgan fingerprint density at radius 1 is 1.17 bits per heavy atom. The predicted octanol–water partition coefficient (Wildman–Crippen LogP) is 2.09. The van der Waals surface area contributed by atoms with Gasteiger partial charge in [0.15, 0.2) is 5.96 Å². The van der Waals surface area contributed by atoms with Crippen LogP contribution in [0.1, 0.15) is 59.8 Å². The molecule has 0 aromatic heterocycles. The minimum Gasteiger partial charge on any atom is -0.357 e. The molecule has 1 rings (SSSR count). The summed E-state index contributed by atoms with van der Waals surface area (Å²) in [5.41, 5.74) is 0.396. The molecule has 0 bridgehead atoms. The molecule has 1 aliphatic carbocycles. The highest BCUT2D eigenvalue weighted by Crippen LogP contribution is 2.46. The van der Waals surface area contributed by atoms with Crippen molar-refractivity contribution in [1.82, 2.24) is 15.4 Å². The highest BCUT2D eigenvalue weighted by molar-refractivity contribution is 7.89. The molecular formula is C17H36N4O2S. The molecule has 142 valence electrons. The van der Waals surface area contributed by atoms with Crippen LogP contribution in [0.25, 0.3) is 0 Å². The average molecular weight is 361 g/mol. The molecule has 0 aromatic carbocycles. The summed E-state index contributed by atoms with van der Waals surface area (Å²) in [5.74, 6) is 1.68. The van der Waals surface area contributed by atoms with Gasteiger partial charge >= 0.3 is 0 Å². The molecule has 0 spiro atoms. The van der Waals surface area contributed by atoms with E-state index in [1.54, 1.807) is 6.92 Å². The molecule has 24 heavy (non-hydrogen) atoms. The monoisotopic (exact) mass is 360 g/mol. The third kappa shape index (κ3) is 7.83. The van der Waals surface area contributed by atoms with Crippen molar-refractivity contribution in [2.45, 2.75) is 59.8 Å². The van der Waals surface area contributed by atoms with Crippen LogP contribution in [0.15, 0.2) is 4.99 Å². The largest absolute Gasteiger partial charge is 0.357 e. The predicted molar refractivity (Wildman–Crippen MR) is 102 cm³/mol. The Morgan fingerprint density at radius 2 is 1.88 bits per heavy atom. The van der Waals surface area contributed by atoms with E-state index in [1.165, 1.54) is 25.7 Å². The van der Waals surface area contributed by atoms with Crippen molar-refractivity contribution in [3.63, 3.8) is 0 Å². The Kier molecular flexibility index (Phi) is 9.05. The first-order valence-electron chi connectivity index (χ1n) is 9.32. The summed E-state index contributed by atoms with van der Waals surface area (Å²) in [6, 6.07) is 0. The van der Waals surface area contributed by atoms with Gasteiger partial charge in [-0.2, -0.15) is 0 Å². The number of rotatable bonds is 11. The van der Waals surface area contributed by atoms with Crippen molar-refractivity contribution in [1.29, 1.82) is 0 Å². The zero-order valence-electron chi connectivity index (χ0n) is 15.8. The average Bonchev–Trinajstić information content (AvgIpc) is 2.48. The lowest BCUT2D eigenvalue weighted by atomic mass is 9.64. The summed E-state index contributed by atoms with van der Waals surface area (Å²) in [5, 5.41) is 6.58. The van der Waals surface area contributed by atoms with E-state index in [4.69, 9.17) is 4.99 Å². The minimum absolute atomic E-state index is 0.127. The highest BCUT2D eigenvalue weighted by atomic mass is 32.2. The molecule has 1 fully saturated rings. The third-order valence-electron chi connectivity index (χ3n) is 4.52. The topological polar surface area (TPSA) is 82.6 Å². The van der Waals surface area contributed by atoms with E-state index in [2.05, 4.69) is 36.1 Å². The summed E-state index contributed by atoms with van der Waals surface area (Å²) in [4.78, 5) is 4.78. The van der Waals surface area contributed by atoms with Crippen LogP contribution in [0, 0.1) is 11.3 Å². The number of sulfonamides is 1. The van der Waals surface area contributed by atoms with Gasteiger partial charge in [-0.05, 0) is 50.9 Å². The van der Waals surface area contributed by atoms with Gasteiger partial charge in [0.2, 0.25) is 10.0 Å². The smallest absolute Gasteiger partial charge is 0.211 e. The Labute approximate surface area is 148 Å². The van der Waals surface area contributed by atoms with Gasteiger partial charge in [0.05, 0.1) is 5.75 Å². The number of nitrogens with one attached hydrogen (secondary N) is 3. The number of nitrogens with zero attached hydrogens (tertiary/aromatic N) is 1. The Bertz CT molecular complexity index is 485. The fourth-order valence-corrected chi connectivity index (χ4v) is 3.84. The van der Waals surface area contributed by atoms with Crippen LogP contribution in [-0.2, 0) is 10.0 Å². The van der Waals surface area contributed by atoms with Crippen molar-refractivity contribution in [3.8, 4) is 0 Å². The molecule has 0 atom stereocenters. The fourth-order valence-electron chi connectivity index (χ4n) is 3.18. The SMILES string of the molecule is CCNC(=NCC1(CC(C)C)CCC1)NCCCNS(=O)(=O)CC. The lowest BCUT2D eigenvalue weighted by Crippen LogP contribution is -2.41. The van der Waals surface area contributed by atoms with Gasteiger partial charge in [0, 0.05) is 26.2 Å². The quantitative estimate of drug-likeness (QED) is 0.299. The molecule has 1 saturated carbocycles. The minimum atomic E-state index is -3.09. The molecule has 1 aliphatic rings.